The van der Waals surface area contributed by atoms with Gasteiger partial charge in [0.05, 0.1) is 13.7 Å². The monoisotopic (exact) mass is 267 g/mol. The average Bonchev–Trinajstić information content (AvgIpc) is 2.37. The average molecular weight is 267 g/mol. The summed E-state index contributed by atoms with van der Waals surface area (Å²) in [6.45, 7) is 8.03. The maximum atomic E-state index is 5.84. The third-order valence-corrected chi connectivity index (χ3v) is 2.65. The quantitative estimate of drug-likeness (QED) is 0.736. The maximum Gasteiger partial charge on any atom is 0.161 e. The minimum Gasteiger partial charge on any atom is -0.493 e. The highest BCUT2D eigenvalue weighted by atomic mass is 16.5. The molecule has 0 heterocycles. The molecular formula is C15H25NO3. The Bertz CT molecular complexity index is 378. The summed E-state index contributed by atoms with van der Waals surface area (Å²) in [7, 11) is 1.63. The van der Waals surface area contributed by atoms with Gasteiger partial charge in [-0.3, -0.25) is 0 Å². The van der Waals surface area contributed by atoms with Gasteiger partial charge in [0.1, 0.15) is 6.61 Å². The molecule has 1 aromatic rings. The van der Waals surface area contributed by atoms with Crippen LogP contribution in [0.2, 0.25) is 0 Å². The highest BCUT2D eigenvalue weighted by Gasteiger charge is 2.08. The lowest BCUT2D eigenvalue weighted by atomic mass is 10.1. The van der Waals surface area contributed by atoms with Crippen molar-refractivity contribution in [3.8, 4) is 11.5 Å². The molecule has 4 heteroatoms. The summed E-state index contributed by atoms with van der Waals surface area (Å²) in [5, 5.41) is 0. The summed E-state index contributed by atoms with van der Waals surface area (Å²) >= 11 is 0. The van der Waals surface area contributed by atoms with Crippen molar-refractivity contribution in [3.05, 3.63) is 23.8 Å². The lowest BCUT2D eigenvalue weighted by Gasteiger charge is -2.14. The van der Waals surface area contributed by atoms with Crippen LogP contribution in [0.15, 0.2) is 18.2 Å². The van der Waals surface area contributed by atoms with Crippen LogP contribution in [0.5, 0.6) is 11.5 Å². The van der Waals surface area contributed by atoms with Crippen LogP contribution in [-0.4, -0.2) is 26.9 Å². The van der Waals surface area contributed by atoms with E-state index >= 15 is 0 Å². The molecule has 0 aromatic heterocycles. The van der Waals surface area contributed by atoms with Crippen molar-refractivity contribution in [2.45, 2.75) is 26.8 Å². The van der Waals surface area contributed by atoms with Crippen LogP contribution in [0.4, 0.5) is 0 Å². The van der Waals surface area contributed by atoms with Gasteiger partial charge in [0.25, 0.3) is 0 Å². The third-order valence-electron chi connectivity index (χ3n) is 2.65. The number of hydrogen-bond donors (Lipinski definition) is 1. The predicted molar refractivity (Wildman–Crippen MR) is 76.7 cm³/mol. The van der Waals surface area contributed by atoms with Crippen LogP contribution in [-0.2, 0) is 4.74 Å². The highest BCUT2D eigenvalue weighted by Crippen LogP contribution is 2.29. The summed E-state index contributed by atoms with van der Waals surface area (Å²) in [6.07, 6.45) is 0. The Balaban J connectivity index is 2.49. The van der Waals surface area contributed by atoms with Gasteiger partial charge in [-0.15, -0.1) is 0 Å². The SMILES string of the molecule is COc1cc([C@@H](C)N)ccc1OCCOCC(C)C. The lowest BCUT2D eigenvalue weighted by molar-refractivity contribution is 0.0810. The summed E-state index contributed by atoms with van der Waals surface area (Å²) in [6, 6.07) is 5.74. The van der Waals surface area contributed by atoms with Gasteiger partial charge in [-0.25, -0.2) is 0 Å². The molecule has 0 fully saturated rings. The predicted octanol–water partition coefficient (Wildman–Crippen LogP) is 2.77. The minimum atomic E-state index is -0.0164. The molecule has 4 nitrogen and oxygen atoms in total. The zero-order chi connectivity index (χ0) is 14.3. The summed E-state index contributed by atoms with van der Waals surface area (Å²) in [5.41, 5.74) is 6.87. The van der Waals surface area contributed by atoms with Gasteiger partial charge >= 0.3 is 0 Å². The van der Waals surface area contributed by atoms with Crippen LogP contribution < -0.4 is 15.2 Å². The van der Waals surface area contributed by atoms with E-state index in [2.05, 4.69) is 13.8 Å². The number of ether oxygens (including phenoxy) is 3. The van der Waals surface area contributed by atoms with E-state index in [0.29, 0.717) is 24.9 Å². The molecule has 0 spiro atoms. The van der Waals surface area contributed by atoms with E-state index < -0.39 is 0 Å². The molecule has 0 aliphatic rings. The van der Waals surface area contributed by atoms with E-state index in [1.165, 1.54) is 0 Å². The van der Waals surface area contributed by atoms with E-state index in [1.54, 1.807) is 7.11 Å². The summed E-state index contributed by atoms with van der Waals surface area (Å²) < 4.78 is 16.4. The Morgan fingerprint density at radius 3 is 2.42 bits per heavy atom. The van der Waals surface area contributed by atoms with Crippen LogP contribution >= 0.6 is 0 Å². The number of benzene rings is 1. The first-order valence-corrected chi connectivity index (χ1v) is 6.68. The Labute approximate surface area is 115 Å². The smallest absolute Gasteiger partial charge is 0.161 e. The fourth-order valence-corrected chi connectivity index (χ4v) is 1.62. The zero-order valence-corrected chi connectivity index (χ0v) is 12.3. The fourth-order valence-electron chi connectivity index (χ4n) is 1.62. The molecule has 0 unspecified atom stereocenters. The van der Waals surface area contributed by atoms with Gasteiger partial charge in [-0.05, 0) is 30.5 Å². The molecule has 1 atom stereocenters. The van der Waals surface area contributed by atoms with E-state index in [-0.39, 0.29) is 6.04 Å². The Hall–Kier alpha value is -1.26. The van der Waals surface area contributed by atoms with E-state index in [4.69, 9.17) is 19.9 Å². The Morgan fingerprint density at radius 1 is 1.11 bits per heavy atom. The zero-order valence-electron chi connectivity index (χ0n) is 12.3. The molecule has 0 amide bonds. The second-order valence-electron chi connectivity index (χ2n) is 5.02. The minimum absolute atomic E-state index is 0.0164. The molecule has 0 aliphatic heterocycles. The van der Waals surface area contributed by atoms with Crippen molar-refractivity contribution in [1.29, 1.82) is 0 Å². The van der Waals surface area contributed by atoms with Crippen molar-refractivity contribution in [3.63, 3.8) is 0 Å². The number of hydrogen-bond acceptors (Lipinski definition) is 4. The van der Waals surface area contributed by atoms with Crippen molar-refractivity contribution in [2.24, 2.45) is 11.7 Å². The van der Waals surface area contributed by atoms with E-state index in [0.717, 1.165) is 17.9 Å². The van der Waals surface area contributed by atoms with Crippen molar-refractivity contribution in [2.75, 3.05) is 26.9 Å². The molecule has 2 N–H and O–H groups in total. The first-order valence-electron chi connectivity index (χ1n) is 6.68. The molecule has 0 aliphatic carbocycles. The first-order chi connectivity index (χ1) is 9.04. The largest absolute Gasteiger partial charge is 0.493 e. The molecule has 0 radical (unpaired) electrons. The standard InChI is InChI=1S/C15H25NO3/c1-11(2)10-18-7-8-19-14-6-5-13(12(3)16)9-15(14)17-4/h5-6,9,11-12H,7-8,10,16H2,1-4H3/t12-/m1/s1. The molecular weight excluding hydrogens is 242 g/mol. The van der Waals surface area contributed by atoms with Gasteiger partial charge in [0.2, 0.25) is 0 Å². The Kier molecular flexibility index (Phi) is 6.67. The summed E-state index contributed by atoms with van der Waals surface area (Å²) in [5.74, 6) is 1.97. The van der Waals surface area contributed by atoms with Crippen LogP contribution in [0.3, 0.4) is 0 Å². The van der Waals surface area contributed by atoms with Gasteiger partial charge < -0.3 is 19.9 Å². The number of nitrogens with two attached hydrogens (primary N) is 1. The maximum absolute atomic E-state index is 5.84. The lowest BCUT2D eigenvalue weighted by Crippen LogP contribution is -2.11. The second-order valence-corrected chi connectivity index (χ2v) is 5.02. The van der Waals surface area contributed by atoms with Gasteiger partial charge in [0.15, 0.2) is 11.5 Å². The molecule has 108 valence electrons. The van der Waals surface area contributed by atoms with Crippen molar-refractivity contribution in [1.82, 2.24) is 0 Å². The molecule has 19 heavy (non-hydrogen) atoms. The highest BCUT2D eigenvalue weighted by molar-refractivity contribution is 5.43. The van der Waals surface area contributed by atoms with Gasteiger partial charge in [-0.1, -0.05) is 19.9 Å². The molecule has 1 rings (SSSR count). The molecule has 1 aromatic carbocycles. The Morgan fingerprint density at radius 2 is 1.84 bits per heavy atom. The number of rotatable bonds is 8. The van der Waals surface area contributed by atoms with Crippen LogP contribution in [0.25, 0.3) is 0 Å². The van der Waals surface area contributed by atoms with Crippen LogP contribution in [0.1, 0.15) is 32.4 Å². The topological polar surface area (TPSA) is 53.7 Å². The second kappa shape index (κ2) is 8.02. The van der Waals surface area contributed by atoms with E-state index in [1.807, 2.05) is 25.1 Å². The normalized spacial score (nSPS) is 12.5. The molecule has 0 bridgehead atoms. The van der Waals surface area contributed by atoms with Crippen LogP contribution in [0, 0.1) is 5.92 Å². The molecule has 0 saturated heterocycles. The van der Waals surface area contributed by atoms with Crippen molar-refractivity contribution >= 4 is 0 Å². The summed E-state index contributed by atoms with van der Waals surface area (Å²) in [4.78, 5) is 0. The third kappa shape index (κ3) is 5.49. The fraction of sp³-hybridized carbons (Fsp3) is 0.600. The van der Waals surface area contributed by atoms with Gasteiger partial charge in [-0.2, -0.15) is 0 Å². The van der Waals surface area contributed by atoms with Crippen molar-refractivity contribution < 1.29 is 14.2 Å². The molecule has 0 saturated carbocycles. The number of methoxy groups -OCH3 is 1. The van der Waals surface area contributed by atoms with E-state index in [9.17, 15) is 0 Å². The first kappa shape index (κ1) is 15.8. The van der Waals surface area contributed by atoms with Gasteiger partial charge in [0, 0.05) is 12.6 Å².